The van der Waals surface area contributed by atoms with Gasteiger partial charge in [0.25, 0.3) is 5.56 Å². The van der Waals surface area contributed by atoms with Gasteiger partial charge in [0, 0.05) is 17.6 Å². The molecule has 0 aliphatic heterocycles. The van der Waals surface area contributed by atoms with Gasteiger partial charge in [0.2, 0.25) is 0 Å². The van der Waals surface area contributed by atoms with Crippen molar-refractivity contribution in [3.63, 3.8) is 0 Å². The predicted octanol–water partition coefficient (Wildman–Crippen LogP) is 4.93. The van der Waals surface area contributed by atoms with Crippen molar-refractivity contribution in [1.29, 1.82) is 0 Å². The Balaban J connectivity index is 1.49. The van der Waals surface area contributed by atoms with E-state index in [-0.39, 0.29) is 11.6 Å². The smallest absolute Gasteiger partial charge is 0.252 e. The molecule has 38 heavy (non-hydrogen) atoms. The van der Waals surface area contributed by atoms with E-state index in [9.17, 15) is 4.79 Å². The Kier molecular flexibility index (Phi) is 7.37. The van der Waals surface area contributed by atoms with E-state index in [2.05, 4.69) is 45.3 Å². The van der Waals surface area contributed by atoms with Gasteiger partial charge in [-0.2, -0.15) is 0 Å². The first-order valence-electron chi connectivity index (χ1n) is 12.7. The number of ether oxygens (including phenoxy) is 1. The number of rotatable bonds is 10. The number of hydrogen-bond acceptors (Lipinski definition) is 7. The molecule has 0 amide bonds. The van der Waals surface area contributed by atoms with Crippen LogP contribution in [0.15, 0.2) is 70.1 Å². The van der Waals surface area contributed by atoms with Gasteiger partial charge in [0.05, 0.1) is 32.5 Å². The summed E-state index contributed by atoms with van der Waals surface area (Å²) in [5, 5.41) is 13.7. The van der Waals surface area contributed by atoms with Crippen LogP contribution in [0, 0.1) is 13.8 Å². The Morgan fingerprint density at radius 1 is 1.08 bits per heavy atom. The summed E-state index contributed by atoms with van der Waals surface area (Å²) in [6, 6.07) is 17.7. The largest absolute Gasteiger partial charge is 0.497 e. The number of H-pyrrole nitrogens is 1. The van der Waals surface area contributed by atoms with E-state index in [1.807, 2.05) is 60.1 Å². The highest BCUT2D eigenvalue weighted by Crippen LogP contribution is 2.27. The average Bonchev–Trinajstić information content (AvgIpc) is 3.59. The van der Waals surface area contributed by atoms with Gasteiger partial charge in [-0.1, -0.05) is 19.1 Å². The minimum atomic E-state index is -0.150. The monoisotopic (exact) mass is 512 g/mol. The van der Waals surface area contributed by atoms with Crippen molar-refractivity contribution in [3.8, 4) is 5.75 Å². The highest BCUT2D eigenvalue weighted by atomic mass is 16.5. The second kappa shape index (κ2) is 11.0. The second-order valence-electron chi connectivity index (χ2n) is 9.60. The molecule has 0 aliphatic carbocycles. The molecule has 5 rings (SSSR count). The van der Waals surface area contributed by atoms with Crippen LogP contribution in [0.2, 0.25) is 0 Å². The van der Waals surface area contributed by atoms with Crippen molar-refractivity contribution >= 4 is 10.9 Å². The molecule has 196 valence electrons. The highest BCUT2D eigenvalue weighted by Gasteiger charge is 2.27. The molecule has 0 bridgehead atoms. The number of methoxy groups -OCH3 is 1. The fraction of sp³-hybridized carbons (Fsp3) is 0.310. The zero-order valence-corrected chi connectivity index (χ0v) is 22.1. The lowest BCUT2D eigenvalue weighted by Gasteiger charge is -2.29. The molecule has 1 N–H and O–H groups in total. The van der Waals surface area contributed by atoms with Crippen LogP contribution in [0.4, 0.5) is 0 Å². The number of furan rings is 1. The molecule has 1 atom stereocenters. The van der Waals surface area contributed by atoms with E-state index >= 15 is 0 Å². The number of nitrogens with zero attached hydrogens (tertiary/aromatic N) is 5. The van der Waals surface area contributed by atoms with E-state index in [4.69, 9.17) is 9.15 Å². The van der Waals surface area contributed by atoms with Crippen LogP contribution in [0.3, 0.4) is 0 Å². The fourth-order valence-electron chi connectivity index (χ4n) is 4.81. The molecule has 0 saturated heterocycles. The topological polar surface area (TPSA) is 102 Å². The number of aromatic nitrogens is 5. The first-order chi connectivity index (χ1) is 18.4. The lowest BCUT2D eigenvalue weighted by molar-refractivity contribution is 0.149. The van der Waals surface area contributed by atoms with Crippen molar-refractivity contribution in [3.05, 3.63) is 105 Å². The van der Waals surface area contributed by atoms with Crippen LogP contribution in [0.25, 0.3) is 10.9 Å². The summed E-state index contributed by atoms with van der Waals surface area (Å²) < 4.78 is 12.8. The normalized spacial score (nSPS) is 12.3. The predicted molar refractivity (Wildman–Crippen MR) is 145 cm³/mol. The number of hydrogen-bond donors (Lipinski definition) is 1. The number of aromatic amines is 1. The van der Waals surface area contributed by atoms with Gasteiger partial charge in [-0.3, -0.25) is 9.69 Å². The first kappa shape index (κ1) is 25.4. The highest BCUT2D eigenvalue weighted by molar-refractivity contribution is 5.80. The summed E-state index contributed by atoms with van der Waals surface area (Å²) in [6.45, 7) is 7.67. The Bertz CT molecular complexity index is 1570. The molecular weight excluding hydrogens is 480 g/mol. The summed E-state index contributed by atoms with van der Waals surface area (Å²) in [5.74, 6) is 2.34. The summed E-state index contributed by atoms with van der Waals surface area (Å²) in [7, 11) is 1.65. The van der Waals surface area contributed by atoms with Gasteiger partial charge in [0.15, 0.2) is 5.82 Å². The first-order valence-corrected chi connectivity index (χ1v) is 12.7. The molecule has 3 heterocycles. The van der Waals surface area contributed by atoms with Crippen LogP contribution in [-0.4, -0.2) is 37.2 Å². The number of fused-ring (bicyclic) bond motifs is 1. The third kappa shape index (κ3) is 5.38. The van der Waals surface area contributed by atoms with E-state index < -0.39 is 0 Å². The van der Waals surface area contributed by atoms with Crippen LogP contribution >= 0.6 is 0 Å². The lowest BCUT2D eigenvalue weighted by Crippen LogP contribution is -2.32. The summed E-state index contributed by atoms with van der Waals surface area (Å²) in [5.41, 5.74) is 4.82. The van der Waals surface area contributed by atoms with Crippen LogP contribution in [0.5, 0.6) is 5.75 Å². The zero-order chi connectivity index (χ0) is 26.6. The summed E-state index contributed by atoms with van der Waals surface area (Å²) >= 11 is 0. The number of benzene rings is 2. The van der Waals surface area contributed by atoms with Crippen LogP contribution in [-0.2, 0) is 19.6 Å². The summed E-state index contributed by atoms with van der Waals surface area (Å²) in [4.78, 5) is 18.4. The van der Waals surface area contributed by atoms with Gasteiger partial charge >= 0.3 is 0 Å². The van der Waals surface area contributed by atoms with Crippen LogP contribution < -0.4 is 10.3 Å². The van der Waals surface area contributed by atoms with Crippen molar-refractivity contribution in [2.45, 2.75) is 52.9 Å². The molecule has 3 aromatic heterocycles. The van der Waals surface area contributed by atoms with Crippen molar-refractivity contribution in [1.82, 2.24) is 30.1 Å². The number of nitrogens with one attached hydrogen (secondary N) is 1. The molecule has 0 saturated carbocycles. The molecule has 0 aliphatic rings. The molecule has 0 radical (unpaired) electrons. The zero-order valence-electron chi connectivity index (χ0n) is 22.1. The quantitative estimate of drug-likeness (QED) is 0.283. The average molecular weight is 513 g/mol. The Labute approximate surface area is 221 Å². The molecular formula is C29H32N6O3. The molecule has 5 aromatic rings. The van der Waals surface area contributed by atoms with Gasteiger partial charge in [0.1, 0.15) is 11.5 Å². The SMILES string of the molecule is CC[C@H](c1nnnn1Cc1ccc(OC)cc1)N(Cc1ccco1)Cc1cc2cc(C)c(C)cc2[nH]c1=O. The molecule has 2 aromatic carbocycles. The Morgan fingerprint density at radius 2 is 1.87 bits per heavy atom. The molecule has 0 spiro atoms. The van der Waals surface area contributed by atoms with Crippen molar-refractivity contribution in [2.24, 2.45) is 0 Å². The Morgan fingerprint density at radius 3 is 2.58 bits per heavy atom. The van der Waals surface area contributed by atoms with Crippen molar-refractivity contribution < 1.29 is 9.15 Å². The molecule has 0 fully saturated rings. The van der Waals surface area contributed by atoms with Gasteiger partial charge < -0.3 is 14.1 Å². The molecule has 0 unspecified atom stereocenters. The van der Waals surface area contributed by atoms with E-state index in [0.29, 0.717) is 25.2 Å². The molecule has 9 heteroatoms. The molecule has 9 nitrogen and oxygen atoms in total. The second-order valence-corrected chi connectivity index (χ2v) is 9.60. The van der Waals surface area contributed by atoms with Gasteiger partial charge in [-0.05, 0) is 95.2 Å². The standard InChI is InChI=1S/C29H32N6O3/c1-5-27(28-31-32-33-35(28)16-21-8-10-24(37-4)11-9-21)34(18-25-7-6-12-38-25)17-23-15-22-13-19(2)20(3)14-26(22)30-29(23)36/h6-15,27H,5,16-18H2,1-4H3,(H,30,36)/t27-/m1/s1. The minimum absolute atomic E-state index is 0.0992. The fourth-order valence-corrected chi connectivity index (χ4v) is 4.81. The maximum Gasteiger partial charge on any atom is 0.252 e. The van der Waals surface area contributed by atoms with Gasteiger partial charge in [-0.25, -0.2) is 4.68 Å². The number of pyridine rings is 1. The number of aryl methyl sites for hydroxylation is 2. The maximum absolute atomic E-state index is 13.2. The summed E-state index contributed by atoms with van der Waals surface area (Å²) in [6.07, 6.45) is 2.41. The van der Waals surface area contributed by atoms with Crippen LogP contribution in [0.1, 0.15) is 53.2 Å². The third-order valence-corrected chi connectivity index (χ3v) is 7.02. The number of tetrazole rings is 1. The minimum Gasteiger partial charge on any atom is -0.497 e. The van der Waals surface area contributed by atoms with Crippen molar-refractivity contribution in [2.75, 3.05) is 7.11 Å². The Hall–Kier alpha value is -4.24. The van der Waals surface area contributed by atoms with E-state index in [0.717, 1.165) is 45.8 Å². The maximum atomic E-state index is 13.2. The van der Waals surface area contributed by atoms with Gasteiger partial charge in [-0.15, -0.1) is 5.10 Å². The third-order valence-electron chi connectivity index (χ3n) is 7.02. The van der Waals surface area contributed by atoms with E-state index in [1.165, 1.54) is 5.56 Å². The van der Waals surface area contributed by atoms with E-state index in [1.54, 1.807) is 13.4 Å². The lowest BCUT2D eigenvalue weighted by atomic mass is 10.0.